The summed E-state index contributed by atoms with van der Waals surface area (Å²) >= 11 is 0. The Bertz CT molecular complexity index is 2160. The highest BCUT2D eigenvalue weighted by Crippen LogP contribution is 2.51. The van der Waals surface area contributed by atoms with Gasteiger partial charge in [0.1, 0.15) is 11.5 Å². The Morgan fingerprint density at radius 1 is 0.774 bits per heavy atom. The Morgan fingerprint density at radius 3 is 2.23 bits per heavy atom. The molecule has 10 nitrogen and oxygen atoms in total. The van der Waals surface area contributed by atoms with Gasteiger partial charge < -0.3 is 29.0 Å². The quantitative estimate of drug-likeness (QED) is 0.196. The molecule has 272 valence electrons. The average molecular weight is 713 g/mol. The van der Waals surface area contributed by atoms with Crippen LogP contribution in [0.2, 0.25) is 0 Å². The second-order valence-electron chi connectivity index (χ2n) is 14.0. The number of hydrogen-bond donors (Lipinski definition) is 1. The van der Waals surface area contributed by atoms with Gasteiger partial charge in [-0.25, -0.2) is 0 Å². The molecule has 0 fully saturated rings. The van der Waals surface area contributed by atoms with Crippen molar-refractivity contribution >= 4 is 11.6 Å². The lowest BCUT2D eigenvalue weighted by atomic mass is 9.87. The monoisotopic (exact) mass is 712 g/mol. The van der Waals surface area contributed by atoms with Crippen LogP contribution in [-0.4, -0.2) is 69.2 Å². The van der Waals surface area contributed by atoms with Crippen molar-refractivity contribution in [3.8, 4) is 40.2 Å². The van der Waals surface area contributed by atoms with Crippen LogP contribution in [-0.2, 0) is 25.7 Å². The fourth-order valence-corrected chi connectivity index (χ4v) is 7.95. The number of hydrogen-bond acceptors (Lipinski definition) is 9. The van der Waals surface area contributed by atoms with Gasteiger partial charge in [0.2, 0.25) is 5.75 Å². The summed E-state index contributed by atoms with van der Waals surface area (Å²) < 4.78 is 31.6. The number of nitrogens with zero attached hydrogens (tertiary/aromatic N) is 3. The maximum Gasteiger partial charge on any atom is 0.259 e. The molecule has 0 aliphatic carbocycles. The molecule has 4 aromatic carbocycles. The Morgan fingerprint density at radius 2 is 1.49 bits per heavy atom. The summed E-state index contributed by atoms with van der Waals surface area (Å²) in [6.07, 6.45) is 6.42. The zero-order valence-corrected chi connectivity index (χ0v) is 30.8. The van der Waals surface area contributed by atoms with E-state index in [4.69, 9.17) is 23.7 Å². The molecular weight excluding hydrogens is 668 g/mol. The fourth-order valence-electron chi connectivity index (χ4n) is 7.95. The van der Waals surface area contributed by atoms with Crippen LogP contribution in [0.1, 0.15) is 55.8 Å². The number of carbonyl (C=O) groups excluding carboxylic acids is 1. The number of aromatic nitrogens is 1. The molecule has 0 saturated carbocycles. The van der Waals surface area contributed by atoms with Gasteiger partial charge in [-0.15, -0.1) is 0 Å². The largest absolute Gasteiger partial charge is 0.493 e. The number of nitrogens with one attached hydrogen (secondary N) is 1. The molecule has 0 unspecified atom stereocenters. The molecule has 5 aromatic rings. The number of anilines is 1. The molecule has 10 heteroatoms. The molecule has 9 rings (SSSR count). The van der Waals surface area contributed by atoms with Crippen LogP contribution in [0.15, 0.2) is 85.2 Å². The standard InChI is InChI=1S/C43H44N4O6/c1-46-17-14-28-22-37(49-3)38-24-33(28)34(46)20-27-10-13-32(43(48)45-30-7-6-16-44-25-30)36(21-27)52-31-11-8-26(9-12-31)19-35-40-29(15-18-47(35)2)23-39(50-4)41(51-5)42(40)53-38/h6-13,16,21-25,34-35H,14-15,17-20H2,1-5H3,(H,45,48)/t34-,35+/m1/s1. The Hall–Kier alpha value is -5.58. The summed E-state index contributed by atoms with van der Waals surface area (Å²) in [5.74, 6) is 3.97. The fraction of sp³-hybridized carbons (Fsp3) is 0.302. The van der Waals surface area contributed by atoms with Crippen LogP contribution < -0.4 is 29.0 Å². The number of carbonyl (C=O) groups is 1. The van der Waals surface area contributed by atoms with Crippen molar-refractivity contribution in [1.82, 2.24) is 14.8 Å². The topological polar surface area (TPSA) is 94.6 Å². The first-order chi connectivity index (χ1) is 25.8. The van der Waals surface area contributed by atoms with E-state index in [1.807, 2.05) is 36.4 Å². The average Bonchev–Trinajstić information content (AvgIpc) is 3.17. The molecule has 1 N–H and O–H groups in total. The molecule has 1 amide bonds. The van der Waals surface area contributed by atoms with Gasteiger partial charge >= 0.3 is 0 Å². The van der Waals surface area contributed by atoms with Crippen molar-refractivity contribution in [2.45, 2.75) is 37.8 Å². The van der Waals surface area contributed by atoms with E-state index in [0.29, 0.717) is 57.9 Å². The molecule has 0 spiro atoms. The van der Waals surface area contributed by atoms with E-state index in [9.17, 15) is 4.79 Å². The van der Waals surface area contributed by atoms with E-state index in [1.165, 1.54) is 11.1 Å². The third-order valence-corrected chi connectivity index (χ3v) is 10.8. The summed E-state index contributed by atoms with van der Waals surface area (Å²) in [6.45, 7) is 1.76. The molecule has 6 bridgehead atoms. The van der Waals surface area contributed by atoms with E-state index in [0.717, 1.165) is 54.6 Å². The highest BCUT2D eigenvalue weighted by Gasteiger charge is 2.34. The Balaban J connectivity index is 1.30. The minimum atomic E-state index is -0.269. The molecule has 4 aliphatic heterocycles. The number of likely N-dealkylation sites (N-methyl/N-ethyl adjacent to an activating group) is 2. The number of benzene rings is 4. The summed E-state index contributed by atoms with van der Waals surface area (Å²) in [4.78, 5) is 22.6. The molecular formula is C43H44N4O6. The van der Waals surface area contributed by atoms with Gasteiger partial charge in [0.15, 0.2) is 23.0 Å². The molecule has 53 heavy (non-hydrogen) atoms. The number of fused-ring (bicyclic) bond motifs is 2. The lowest BCUT2D eigenvalue weighted by Gasteiger charge is -2.37. The number of pyridine rings is 1. The van der Waals surface area contributed by atoms with Gasteiger partial charge in [0.05, 0.1) is 38.8 Å². The summed E-state index contributed by atoms with van der Waals surface area (Å²) in [7, 11) is 9.32. The number of methoxy groups -OCH3 is 3. The highest BCUT2D eigenvalue weighted by atomic mass is 16.5. The molecule has 0 radical (unpaired) electrons. The van der Waals surface area contributed by atoms with Crippen LogP contribution in [0.3, 0.4) is 0 Å². The lowest BCUT2D eigenvalue weighted by molar-refractivity contribution is 0.102. The second kappa shape index (κ2) is 14.4. The predicted octanol–water partition coefficient (Wildman–Crippen LogP) is 7.80. The van der Waals surface area contributed by atoms with E-state index in [2.05, 4.69) is 64.5 Å². The first-order valence-corrected chi connectivity index (χ1v) is 18.0. The first kappa shape index (κ1) is 34.5. The predicted molar refractivity (Wildman–Crippen MR) is 203 cm³/mol. The maximum absolute atomic E-state index is 13.7. The summed E-state index contributed by atoms with van der Waals surface area (Å²) in [6, 6.07) is 23.9. The van der Waals surface area contributed by atoms with Crippen molar-refractivity contribution in [1.29, 1.82) is 0 Å². The van der Waals surface area contributed by atoms with Crippen molar-refractivity contribution in [3.05, 3.63) is 124 Å². The summed E-state index contributed by atoms with van der Waals surface area (Å²) in [5, 5.41) is 2.97. The van der Waals surface area contributed by atoms with Gasteiger partial charge in [-0.3, -0.25) is 19.6 Å². The van der Waals surface area contributed by atoms with E-state index >= 15 is 0 Å². The number of ether oxygens (including phenoxy) is 5. The molecule has 1 aromatic heterocycles. The Labute approximate surface area is 310 Å². The van der Waals surface area contributed by atoms with Crippen molar-refractivity contribution in [2.24, 2.45) is 0 Å². The Kier molecular flexibility index (Phi) is 9.40. The van der Waals surface area contributed by atoms with E-state index in [-0.39, 0.29) is 18.0 Å². The molecule has 0 saturated heterocycles. The molecule has 4 aliphatic rings. The third-order valence-electron chi connectivity index (χ3n) is 10.8. The van der Waals surface area contributed by atoms with Crippen LogP contribution in [0.5, 0.6) is 40.2 Å². The smallest absolute Gasteiger partial charge is 0.259 e. The SMILES string of the molecule is COc1cc2c3cc1Oc1c(OC)c(OC)cc4c1[C@H](Cc1ccc(cc1)Oc1cc(ccc1C(=O)Nc1cccnc1)C[C@H]3N(C)CC2)N(C)CC4. The summed E-state index contributed by atoms with van der Waals surface area (Å²) in [5.41, 5.74) is 7.83. The second-order valence-corrected chi connectivity index (χ2v) is 14.0. The van der Waals surface area contributed by atoms with Gasteiger partial charge in [0.25, 0.3) is 5.91 Å². The van der Waals surface area contributed by atoms with Gasteiger partial charge in [-0.05, 0) is 122 Å². The van der Waals surface area contributed by atoms with Crippen molar-refractivity contribution < 1.29 is 28.5 Å². The minimum absolute atomic E-state index is 0.0128. The van der Waals surface area contributed by atoms with Gasteiger partial charge in [-0.1, -0.05) is 18.2 Å². The van der Waals surface area contributed by atoms with Crippen molar-refractivity contribution in [2.75, 3.05) is 53.8 Å². The van der Waals surface area contributed by atoms with Crippen LogP contribution in [0.4, 0.5) is 5.69 Å². The first-order valence-electron chi connectivity index (χ1n) is 18.0. The highest BCUT2D eigenvalue weighted by molar-refractivity contribution is 6.06. The van der Waals surface area contributed by atoms with E-state index < -0.39 is 0 Å². The van der Waals surface area contributed by atoms with Gasteiger partial charge in [0, 0.05) is 36.9 Å². The zero-order valence-electron chi connectivity index (χ0n) is 30.8. The minimum Gasteiger partial charge on any atom is -0.493 e. The lowest BCUT2D eigenvalue weighted by Crippen LogP contribution is -2.34. The zero-order chi connectivity index (χ0) is 36.6. The van der Waals surface area contributed by atoms with Crippen LogP contribution in [0.25, 0.3) is 0 Å². The van der Waals surface area contributed by atoms with Gasteiger partial charge in [-0.2, -0.15) is 0 Å². The third kappa shape index (κ3) is 6.64. The van der Waals surface area contributed by atoms with Crippen LogP contribution >= 0.6 is 0 Å². The number of amides is 1. The van der Waals surface area contributed by atoms with Crippen molar-refractivity contribution in [3.63, 3.8) is 0 Å². The number of rotatable bonds is 5. The molecule has 5 heterocycles. The maximum atomic E-state index is 13.7. The van der Waals surface area contributed by atoms with Crippen LogP contribution in [0, 0.1) is 0 Å². The van der Waals surface area contributed by atoms with E-state index in [1.54, 1.807) is 39.8 Å². The molecule has 2 atom stereocenters. The normalized spacial score (nSPS) is 18.1.